The minimum Gasteiger partial charge on any atom is -0.357 e. The fourth-order valence-corrected chi connectivity index (χ4v) is 4.60. The maximum absolute atomic E-state index is 6.09. The highest BCUT2D eigenvalue weighted by Gasteiger charge is 2.39. The molecule has 1 N–H and O–H groups in total. The summed E-state index contributed by atoms with van der Waals surface area (Å²) in [5.41, 5.74) is 2.88. The zero-order chi connectivity index (χ0) is 19.6. The van der Waals surface area contributed by atoms with Crippen molar-refractivity contribution in [2.45, 2.75) is 43.9 Å². The van der Waals surface area contributed by atoms with Crippen LogP contribution in [0.15, 0.2) is 41.7 Å². The van der Waals surface area contributed by atoms with Gasteiger partial charge in [-0.15, -0.1) is 0 Å². The Morgan fingerprint density at radius 1 is 1.32 bits per heavy atom. The summed E-state index contributed by atoms with van der Waals surface area (Å²) in [6.07, 6.45) is 8.98. The molecule has 6 heteroatoms. The average molecular weight is 400 g/mol. The van der Waals surface area contributed by atoms with Crippen LogP contribution in [0.5, 0.6) is 0 Å². The highest BCUT2D eigenvalue weighted by Crippen LogP contribution is 2.44. The summed E-state index contributed by atoms with van der Waals surface area (Å²) >= 11 is 6.09. The molecule has 2 heterocycles. The van der Waals surface area contributed by atoms with Gasteiger partial charge in [-0.05, 0) is 49.4 Å². The van der Waals surface area contributed by atoms with Crippen LogP contribution in [0.1, 0.15) is 49.7 Å². The molecule has 5 nitrogen and oxygen atoms in total. The second-order valence-corrected chi connectivity index (χ2v) is 8.63. The lowest BCUT2D eigenvalue weighted by Crippen LogP contribution is -2.43. The minimum absolute atomic E-state index is 0.174. The maximum atomic E-state index is 6.09. The highest BCUT2D eigenvalue weighted by molar-refractivity contribution is 6.30. The fraction of sp³-hybridized carbons (Fsp3) is 0.545. The Labute approximate surface area is 172 Å². The van der Waals surface area contributed by atoms with Crippen LogP contribution in [-0.4, -0.2) is 46.8 Å². The van der Waals surface area contributed by atoms with E-state index in [1.807, 2.05) is 30.1 Å². The van der Waals surface area contributed by atoms with Gasteiger partial charge in [-0.25, -0.2) is 0 Å². The lowest BCUT2D eigenvalue weighted by atomic mass is 9.64. The Bertz CT molecular complexity index is 822. The number of aryl methyl sites for hydroxylation is 1. The molecule has 1 aliphatic heterocycles. The molecule has 4 rings (SSSR count). The van der Waals surface area contributed by atoms with Crippen molar-refractivity contribution in [2.24, 2.45) is 12.0 Å². The number of likely N-dealkylation sites (tertiary alicyclic amines) is 1. The number of benzene rings is 1. The summed E-state index contributed by atoms with van der Waals surface area (Å²) < 4.78 is 1.89. The van der Waals surface area contributed by atoms with E-state index < -0.39 is 0 Å². The van der Waals surface area contributed by atoms with Gasteiger partial charge in [0.15, 0.2) is 5.96 Å². The predicted molar refractivity (Wildman–Crippen MR) is 115 cm³/mol. The van der Waals surface area contributed by atoms with E-state index in [4.69, 9.17) is 16.6 Å². The van der Waals surface area contributed by atoms with Crippen molar-refractivity contribution in [1.82, 2.24) is 20.0 Å². The fourth-order valence-electron chi connectivity index (χ4n) is 4.47. The first-order chi connectivity index (χ1) is 13.6. The van der Waals surface area contributed by atoms with Crippen molar-refractivity contribution in [3.8, 4) is 0 Å². The van der Waals surface area contributed by atoms with Gasteiger partial charge in [0.25, 0.3) is 0 Å². The summed E-state index contributed by atoms with van der Waals surface area (Å²) in [7, 11) is 1.98. The van der Waals surface area contributed by atoms with E-state index in [0.29, 0.717) is 5.92 Å². The molecule has 0 amide bonds. The lowest BCUT2D eigenvalue weighted by Gasteiger charge is -2.41. The Morgan fingerprint density at radius 2 is 2.11 bits per heavy atom. The molecule has 1 saturated carbocycles. The SMILES string of the molecule is CCNC(=NCC1(c2ccc(Cl)cc2)CCC1)N1CCC(c2cnn(C)c2)C1. The number of aromatic nitrogens is 2. The normalized spacial score (nSPS) is 21.6. The number of nitrogens with zero attached hydrogens (tertiary/aromatic N) is 4. The molecule has 1 aliphatic carbocycles. The standard InChI is InChI=1S/C22H30ClN5/c1-3-24-21(28-12-9-17(15-28)18-13-26-27(2)14-18)25-16-22(10-4-11-22)19-5-7-20(23)8-6-19/h5-8,13-14,17H,3-4,9-12,15-16H2,1-2H3,(H,24,25). The van der Waals surface area contributed by atoms with Crippen LogP contribution >= 0.6 is 11.6 Å². The highest BCUT2D eigenvalue weighted by atomic mass is 35.5. The monoisotopic (exact) mass is 399 g/mol. The van der Waals surface area contributed by atoms with Gasteiger partial charge >= 0.3 is 0 Å². The molecule has 0 bridgehead atoms. The second kappa shape index (κ2) is 8.16. The predicted octanol–water partition coefficient (Wildman–Crippen LogP) is 3.95. The van der Waals surface area contributed by atoms with Crippen LogP contribution in [-0.2, 0) is 12.5 Å². The summed E-state index contributed by atoms with van der Waals surface area (Å²) in [6.45, 7) is 5.92. The molecule has 1 aromatic heterocycles. The number of halogens is 1. The second-order valence-electron chi connectivity index (χ2n) is 8.19. The summed E-state index contributed by atoms with van der Waals surface area (Å²) in [5, 5.41) is 8.65. The van der Waals surface area contributed by atoms with Gasteiger partial charge in [-0.2, -0.15) is 5.10 Å². The molecule has 150 valence electrons. The molecule has 2 aromatic rings. The average Bonchev–Trinajstić information content (AvgIpc) is 3.30. The van der Waals surface area contributed by atoms with E-state index in [9.17, 15) is 0 Å². The van der Waals surface area contributed by atoms with Crippen molar-refractivity contribution in [3.05, 3.63) is 52.8 Å². The first-order valence-corrected chi connectivity index (χ1v) is 10.8. The largest absolute Gasteiger partial charge is 0.357 e. The van der Waals surface area contributed by atoms with Gasteiger partial charge < -0.3 is 10.2 Å². The summed E-state index contributed by atoms with van der Waals surface area (Å²) in [5.74, 6) is 1.58. The minimum atomic E-state index is 0.174. The van der Waals surface area contributed by atoms with Crippen LogP contribution in [0.25, 0.3) is 0 Å². The Kier molecular flexibility index (Phi) is 5.63. The van der Waals surface area contributed by atoms with Gasteiger partial charge in [0.05, 0.1) is 12.7 Å². The quantitative estimate of drug-likeness (QED) is 0.611. The summed E-state index contributed by atoms with van der Waals surface area (Å²) in [4.78, 5) is 7.51. The molecule has 2 aliphatic rings. The number of guanidine groups is 1. The molecule has 1 saturated heterocycles. The first-order valence-electron chi connectivity index (χ1n) is 10.4. The molecule has 0 radical (unpaired) electrons. The molecule has 1 unspecified atom stereocenters. The Hall–Kier alpha value is -2.01. The molecule has 0 spiro atoms. The zero-order valence-electron chi connectivity index (χ0n) is 16.9. The van der Waals surface area contributed by atoms with Crippen molar-refractivity contribution in [3.63, 3.8) is 0 Å². The Balaban J connectivity index is 1.48. The van der Waals surface area contributed by atoms with Crippen LogP contribution in [0.2, 0.25) is 5.02 Å². The topological polar surface area (TPSA) is 45.5 Å². The Morgan fingerprint density at radius 3 is 2.71 bits per heavy atom. The van der Waals surface area contributed by atoms with Crippen molar-refractivity contribution in [2.75, 3.05) is 26.2 Å². The first kappa shape index (κ1) is 19.3. The molecular formula is C22H30ClN5. The molecule has 2 fully saturated rings. The van der Waals surface area contributed by atoms with E-state index in [1.165, 1.54) is 30.4 Å². The van der Waals surface area contributed by atoms with E-state index in [2.05, 4.69) is 40.6 Å². The third-order valence-electron chi connectivity index (χ3n) is 6.32. The molecule has 1 aromatic carbocycles. The van der Waals surface area contributed by atoms with Gasteiger partial charge in [0, 0.05) is 49.2 Å². The third kappa shape index (κ3) is 3.90. The number of nitrogens with one attached hydrogen (secondary N) is 1. The van der Waals surface area contributed by atoms with E-state index in [1.54, 1.807) is 0 Å². The zero-order valence-corrected chi connectivity index (χ0v) is 17.6. The van der Waals surface area contributed by atoms with Crippen LogP contribution < -0.4 is 5.32 Å². The van der Waals surface area contributed by atoms with Gasteiger partial charge in [-0.1, -0.05) is 30.2 Å². The molecule has 28 heavy (non-hydrogen) atoms. The third-order valence-corrected chi connectivity index (χ3v) is 6.57. The van der Waals surface area contributed by atoms with Crippen LogP contribution in [0.3, 0.4) is 0 Å². The number of aliphatic imine (C=N–C) groups is 1. The maximum Gasteiger partial charge on any atom is 0.193 e. The van der Waals surface area contributed by atoms with Crippen molar-refractivity contribution >= 4 is 17.6 Å². The van der Waals surface area contributed by atoms with E-state index in [0.717, 1.165) is 43.6 Å². The van der Waals surface area contributed by atoms with Crippen LogP contribution in [0.4, 0.5) is 0 Å². The van der Waals surface area contributed by atoms with E-state index in [-0.39, 0.29) is 5.41 Å². The van der Waals surface area contributed by atoms with Gasteiger partial charge in [0.2, 0.25) is 0 Å². The van der Waals surface area contributed by atoms with Crippen LogP contribution in [0, 0.1) is 0 Å². The molecule has 1 atom stereocenters. The van der Waals surface area contributed by atoms with Gasteiger partial charge in [0.1, 0.15) is 0 Å². The summed E-state index contributed by atoms with van der Waals surface area (Å²) in [6, 6.07) is 8.37. The number of rotatable bonds is 5. The lowest BCUT2D eigenvalue weighted by molar-refractivity contribution is 0.252. The van der Waals surface area contributed by atoms with E-state index >= 15 is 0 Å². The van der Waals surface area contributed by atoms with Gasteiger partial charge in [-0.3, -0.25) is 9.67 Å². The molecular weight excluding hydrogens is 370 g/mol. The van der Waals surface area contributed by atoms with Crippen molar-refractivity contribution < 1.29 is 0 Å². The van der Waals surface area contributed by atoms with Crippen molar-refractivity contribution in [1.29, 1.82) is 0 Å². The smallest absolute Gasteiger partial charge is 0.193 e. The number of hydrogen-bond acceptors (Lipinski definition) is 2. The number of hydrogen-bond donors (Lipinski definition) is 1.